The summed E-state index contributed by atoms with van der Waals surface area (Å²) in [6, 6.07) is 39.6. The van der Waals surface area contributed by atoms with Crippen LogP contribution in [-0.4, -0.2) is 10.8 Å². The molecule has 0 spiro atoms. The normalized spacial score (nSPS) is 15.0. The fourth-order valence-corrected chi connectivity index (χ4v) is 5.23. The van der Waals surface area contributed by atoms with Crippen molar-refractivity contribution in [2.24, 2.45) is 0 Å². The zero-order valence-corrected chi connectivity index (χ0v) is 19.4. The van der Waals surface area contributed by atoms with E-state index in [1.54, 1.807) is 0 Å². The molecule has 1 aliphatic rings. The van der Waals surface area contributed by atoms with Crippen LogP contribution in [0.4, 0.5) is 0 Å². The molecule has 2 heteroatoms. The Bertz CT molecular complexity index is 1600. The molecule has 0 N–H and O–H groups in total. The Morgan fingerprint density at radius 2 is 1.31 bits per heavy atom. The molecule has 35 heavy (non-hydrogen) atoms. The Morgan fingerprint density at radius 3 is 2.17 bits per heavy atom. The molecule has 0 amide bonds. The van der Waals surface area contributed by atoms with Crippen LogP contribution in [0.15, 0.2) is 121 Å². The zero-order valence-electron chi connectivity index (χ0n) is 19.4. The highest BCUT2D eigenvalue weighted by Gasteiger charge is 2.28. The molecule has 5 aromatic carbocycles. The third kappa shape index (κ3) is 4.08. The van der Waals surface area contributed by atoms with E-state index in [2.05, 4.69) is 77.8 Å². The third-order valence-corrected chi connectivity index (χ3v) is 7.01. The van der Waals surface area contributed by atoms with Gasteiger partial charge in [-0.05, 0) is 56.8 Å². The van der Waals surface area contributed by atoms with Crippen LogP contribution in [0.5, 0.6) is 0 Å². The van der Waals surface area contributed by atoms with Crippen LogP contribution in [0.1, 0.15) is 22.6 Å². The van der Waals surface area contributed by atoms with Crippen molar-refractivity contribution in [1.29, 1.82) is 0 Å². The Balaban J connectivity index is 0.000000191. The number of benzene rings is 5. The highest BCUT2D eigenvalue weighted by Crippen LogP contribution is 2.36. The molecule has 0 bridgehead atoms. The van der Waals surface area contributed by atoms with Crippen LogP contribution < -0.4 is 0 Å². The van der Waals surface area contributed by atoms with Gasteiger partial charge in [-0.3, -0.25) is 9.78 Å². The Morgan fingerprint density at radius 1 is 0.600 bits per heavy atom. The second kappa shape index (κ2) is 9.15. The van der Waals surface area contributed by atoms with E-state index in [4.69, 9.17) is 0 Å². The Kier molecular flexibility index (Phi) is 5.56. The summed E-state index contributed by atoms with van der Waals surface area (Å²) in [5.41, 5.74) is 4.73. The van der Waals surface area contributed by atoms with E-state index in [0.717, 1.165) is 17.5 Å². The van der Waals surface area contributed by atoms with E-state index in [9.17, 15) is 4.79 Å². The van der Waals surface area contributed by atoms with Gasteiger partial charge >= 0.3 is 0 Å². The molecule has 0 radical (unpaired) electrons. The number of carbonyl (C=O) groups excluding carboxylic acids is 1. The molecular formula is C33H25NO. The van der Waals surface area contributed by atoms with Crippen LogP contribution in [0.3, 0.4) is 0 Å². The van der Waals surface area contributed by atoms with Crippen molar-refractivity contribution >= 4 is 38.2 Å². The van der Waals surface area contributed by atoms with Gasteiger partial charge in [-0.15, -0.1) is 0 Å². The summed E-state index contributed by atoms with van der Waals surface area (Å²) in [5, 5.41) is 6.20. The molecule has 1 heterocycles. The molecule has 0 saturated heterocycles. The maximum absolute atomic E-state index is 12.9. The van der Waals surface area contributed by atoms with Crippen molar-refractivity contribution in [3.63, 3.8) is 0 Å². The lowest BCUT2D eigenvalue weighted by Gasteiger charge is -2.25. The number of ketones is 1. The maximum Gasteiger partial charge on any atom is 0.145 e. The summed E-state index contributed by atoms with van der Waals surface area (Å²) in [6.45, 7) is 0. The van der Waals surface area contributed by atoms with Crippen molar-refractivity contribution in [2.45, 2.75) is 18.8 Å². The number of hydrogen-bond acceptors (Lipinski definition) is 2. The third-order valence-electron chi connectivity index (χ3n) is 7.01. The summed E-state index contributed by atoms with van der Waals surface area (Å²) >= 11 is 0. The summed E-state index contributed by atoms with van der Waals surface area (Å²) in [6.07, 6.45) is 3.15. The highest BCUT2D eigenvalue weighted by molar-refractivity contribution is 6.10. The van der Waals surface area contributed by atoms with Crippen LogP contribution in [-0.2, 0) is 17.6 Å². The molecule has 0 saturated carbocycles. The standard InChI is InChI=1S/C24H18O.C9H7N/c25-24-15-22-18(14-23(24)16-6-2-1-3-7-16)11-13-20-19-9-5-4-8-17(19)10-12-21(20)22;1-2-6-9-8(4-1)5-3-7-10-9/h1-13,23H,14-15H2;1-7H. The average molecular weight is 452 g/mol. The monoisotopic (exact) mass is 451 g/mol. The second-order valence-electron chi connectivity index (χ2n) is 9.09. The lowest BCUT2D eigenvalue weighted by Crippen LogP contribution is -2.23. The highest BCUT2D eigenvalue weighted by atomic mass is 16.1. The molecule has 1 atom stereocenters. The molecule has 0 fully saturated rings. The van der Waals surface area contributed by atoms with E-state index in [1.165, 1.54) is 38.1 Å². The van der Waals surface area contributed by atoms with E-state index in [-0.39, 0.29) is 5.92 Å². The summed E-state index contributed by atoms with van der Waals surface area (Å²) in [7, 11) is 0. The predicted molar refractivity (Wildman–Crippen MR) is 145 cm³/mol. The van der Waals surface area contributed by atoms with Crippen molar-refractivity contribution in [3.8, 4) is 0 Å². The molecule has 7 rings (SSSR count). The van der Waals surface area contributed by atoms with Gasteiger partial charge in [0.1, 0.15) is 5.78 Å². The van der Waals surface area contributed by atoms with E-state index in [0.29, 0.717) is 12.2 Å². The molecule has 168 valence electrons. The number of nitrogens with zero attached hydrogens (tertiary/aromatic N) is 1. The van der Waals surface area contributed by atoms with Gasteiger partial charge in [-0.25, -0.2) is 0 Å². The first-order valence-corrected chi connectivity index (χ1v) is 12.1. The topological polar surface area (TPSA) is 30.0 Å². The molecule has 1 aliphatic carbocycles. The largest absolute Gasteiger partial charge is 0.299 e. The molecule has 2 nitrogen and oxygen atoms in total. The molecule has 0 aliphatic heterocycles. The average Bonchev–Trinajstić information content (AvgIpc) is 2.93. The first-order chi connectivity index (χ1) is 17.3. The number of para-hydroxylation sites is 1. The van der Waals surface area contributed by atoms with Gasteiger partial charge in [0.25, 0.3) is 0 Å². The first kappa shape index (κ1) is 21.2. The van der Waals surface area contributed by atoms with Gasteiger partial charge in [0.15, 0.2) is 0 Å². The number of aromatic nitrogens is 1. The predicted octanol–water partition coefficient (Wildman–Crippen LogP) is 7.68. The van der Waals surface area contributed by atoms with Crippen molar-refractivity contribution in [3.05, 3.63) is 138 Å². The van der Waals surface area contributed by atoms with Gasteiger partial charge in [-0.1, -0.05) is 103 Å². The molecule has 1 aromatic heterocycles. The quantitative estimate of drug-likeness (QED) is 0.240. The SMILES string of the molecule is O=C1Cc2c(ccc3c2ccc2ccccc23)CC1c1ccccc1.c1ccc2ncccc2c1. The van der Waals surface area contributed by atoms with Gasteiger partial charge in [-0.2, -0.15) is 0 Å². The summed E-state index contributed by atoms with van der Waals surface area (Å²) in [5.74, 6) is 0.325. The number of Topliss-reactive ketones (excluding diaryl/α,β-unsaturated/α-hetero) is 1. The molecule has 6 aromatic rings. The molecular weight excluding hydrogens is 426 g/mol. The van der Waals surface area contributed by atoms with Crippen molar-refractivity contribution < 1.29 is 4.79 Å². The van der Waals surface area contributed by atoms with Gasteiger partial charge in [0.05, 0.1) is 5.52 Å². The van der Waals surface area contributed by atoms with Crippen LogP contribution >= 0.6 is 0 Å². The number of hydrogen-bond donors (Lipinski definition) is 0. The van der Waals surface area contributed by atoms with Gasteiger partial charge < -0.3 is 0 Å². The van der Waals surface area contributed by atoms with Crippen LogP contribution in [0.25, 0.3) is 32.4 Å². The van der Waals surface area contributed by atoms with Gasteiger partial charge in [0.2, 0.25) is 0 Å². The fraction of sp³-hybridized carbons (Fsp3) is 0.0909. The number of rotatable bonds is 1. The molecule has 1 unspecified atom stereocenters. The number of pyridine rings is 1. The maximum atomic E-state index is 12.9. The van der Waals surface area contributed by atoms with Crippen LogP contribution in [0, 0.1) is 0 Å². The smallest absolute Gasteiger partial charge is 0.145 e. The lowest BCUT2D eigenvalue weighted by molar-refractivity contribution is -0.120. The second-order valence-corrected chi connectivity index (χ2v) is 9.09. The summed E-state index contributed by atoms with van der Waals surface area (Å²) < 4.78 is 0. The minimum Gasteiger partial charge on any atom is -0.299 e. The van der Waals surface area contributed by atoms with E-state index >= 15 is 0 Å². The fourth-order valence-electron chi connectivity index (χ4n) is 5.23. The Labute approximate surface area is 204 Å². The number of fused-ring (bicyclic) bond motifs is 6. The van der Waals surface area contributed by atoms with E-state index in [1.807, 2.05) is 48.7 Å². The summed E-state index contributed by atoms with van der Waals surface area (Å²) in [4.78, 5) is 17.0. The number of carbonyl (C=O) groups is 1. The van der Waals surface area contributed by atoms with E-state index < -0.39 is 0 Å². The zero-order chi connectivity index (χ0) is 23.6. The van der Waals surface area contributed by atoms with Crippen LogP contribution in [0.2, 0.25) is 0 Å². The first-order valence-electron chi connectivity index (χ1n) is 12.1. The minimum absolute atomic E-state index is 0.00777. The van der Waals surface area contributed by atoms with Crippen molar-refractivity contribution in [2.75, 3.05) is 0 Å². The lowest BCUT2D eigenvalue weighted by atomic mass is 9.77. The minimum atomic E-state index is -0.00777. The van der Waals surface area contributed by atoms with Crippen molar-refractivity contribution in [1.82, 2.24) is 4.98 Å². The van der Waals surface area contributed by atoms with Gasteiger partial charge in [0, 0.05) is 23.9 Å². The Hall–Kier alpha value is -4.30.